The molecule has 1 atom stereocenters. The van der Waals surface area contributed by atoms with Crippen LogP contribution in [0.2, 0.25) is 0 Å². The first-order chi connectivity index (χ1) is 14.7. The number of piperidine rings is 1. The van der Waals surface area contributed by atoms with Gasteiger partial charge < -0.3 is 19.7 Å². The topological polar surface area (TPSA) is 105 Å². The van der Waals surface area contributed by atoms with Crippen molar-refractivity contribution in [3.8, 4) is 11.9 Å². The van der Waals surface area contributed by atoms with Crippen molar-refractivity contribution >= 4 is 12.0 Å². The predicted molar refractivity (Wildman–Crippen MR) is 114 cm³/mol. The Hall–Kier alpha value is -2.82. The lowest BCUT2D eigenvalue weighted by Crippen LogP contribution is -2.49. The summed E-state index contributed by atoms with van der Waals surface area (Å²) >= 11 is 0. The first kappa shape index (κ1) is 22.9. The predicted octanol–water partition coefficient (Wildman–Crippen LogP) is 3.41. The molecule has 1 saturated carbocycles. The minimum absolute atomic E-state index is 0.0198. The summed E-state index contributed by atoms with van der Waals surface area (Å²) in [5.41, 5.74) is -0.0352. The maximum atomic E-state index is 12.8. The van der Waals surface area contributed by atoms with E-state index in [-0.39, 0.29) is 30.1 Å². The molecule has 3 rings (SSSR count). The average molecular weight is 429 g/mol. The van der Waals surface area contributed by atoms with Gasteiger partial charge in [0.25, 0.3) is 0 Å². The molecule has 8 nitrogen and oxygen atoms in total. The zero-order valence-electron chi connectivity index (χ0n) is 18.6. The largest absolute Gasteiger partial charge is 0.474 e. The molecule has 0 bridgehead atoms. The van der Waals surface area contributed by atoms with Crippen LogP contribution in [-0.2, 0) is 9.53 Å². The molecule has 1 N–H and O–H groups in total. The molecule has 168 valence electrons. The minimum atomic E-state index is -0.541. The smallest absolute Gasteiger partial charge is 0.410 e. The normalized spacial score (nSPS) is 24.1. The highest BCUT2D eigenvalue weighted by Gasteiger charge is 2.32. The van der Waals surface area contributed by atoms with E-state index in [4.69, 9.17) is 14.7 Å². The van der Waals surface area contributed by atoms with Crippen molar-refractivity contribution in [3.63, 3.8) is 0 Å². The molecule has 31 heavy (non-hydrogen) atoms. The van der Waals surface area contributed by atoms with E-state index in [9.17, 15) is 9.59 Å². The third-order valence-corrected chi connectivity index (χ3v) is 5.62. The second kappa shape index (κ2) is 9.99. The van der Waals surface area contributed by atoms with Gasteiger partial charge in [0.2, 0.25) is 11.8 Å². The number of aromatic nitrogens is 1. The van der Waals surface area contributed by atoms with Crippen LogP contribution < -0.4 is 10.1 Å². The summed E-state index contributed by atoms with van der Waals surface area (Å²) in [7, 11) is 0. The average Bonchev–Trinajstić information content (AvgIpc) is 2.74. The van der Waals surface area contributed by atoms with Gasteiger partial charge in [0.05, 0.1) is 11.5 Å². The molecule has 0 radical (unpaired) electrons. The van der Waals surface area contributed by atoms with E-state index in [0.29, 0.717) is 24.5 Å². The third-order valence-electron chi connectivity index (χ3n) is 5.62. The number of hydrogen-bond acceptors (Lipinski definition) is 6. The first-order valence-electron chi connectivity index (χ1n) is 11.0. The standard InChI is InChI=1S/C23H32N4O4/c1-23(2,3)31-22(29)27-12-4-5-17(15-27)21(28)26-18-7-9-19(10-8-18)30-20-11-6-16(13-24)14-25-20/h6,11,14,17-19H,4-5,7-10,12,15H2,1-3H3,(H,26,28). The zero-order valence-corrected chi connectivity index (χ0v) is 18.6. The fourth-order valence-electron chi connectivity index (χ4n) is 4.01. The van der Waals surface area contributed by atoms with Gasteiger partial charge in [-0.2, -0.15) is 5.26 Å². The molecule has 2 amide bonds. The Morgan fingerprint density at radius 3 is 2.55 bits per heavy atom. The summed E-state index contributed by atoms with van der Waals surface area (Å²) in [6, 6.07) is 5.57. The van der Waals surface area contributed by atoms with E-state index < -0.39 is 5.60 Å². The summed E-state index contributed by atoms with van der Waals surface area (Å²) in [6.07, 6.45) is 6.16. The first-order valence-corrected chi connectivity index (χ1v) is 11.0. The highest BCUT2D eigenvalue weighted by atomic mass is 16.6. The highest BCUT2D eigenvalue weighted by Crippen LogP contribution is 2.25. The number of ether oxygens (including phenoxy) is 2. The summed E-state index contributed by atoms with van der Waals surface area (Å²) < 4.78 is 11.4. The van der Waals surface area contributed by atoms with Gasteiger partial charge in [0.15, 0.2) is 0 Å². The molecule has 1 unspecified atom stereocenters. The maximum Gasteiger partial charge on any atom is 0.410 e. The lowest BCUT2D eigenvalue weighted by Gasteiger charge is -2.35. The Balaban J connectivity index is 1.43. The number of nitriles is 1. The molecule has 2 aliphatic rings. The van der Waals surface area contributed by atoms with Gasteiger partial charge in [-0.05, 0) is 65.4 Å². The quantitative estimate of drug-likeness (QED) is 0.788. The van der Waals surface area contributed by atoms with Crippen LogP contribution in [0.3, 0.4) is 0 Å². The van der Waals surface area contributed by atoms with E-state index >= 15 is 0 Å². The molecular formula is C23H32N4O4. The molecule has 2 fully saturated rings. The Morgan fingerprint density at radius 1 is 1.19 bits per heavy atom. The second-order valence-electron chi connectivity index (χ2n) is 9.36. The fraction of sp³-hybridized carbons (Fsp3) is 0.652. The van der Waals surface area contributed by atoms with Crippen LogP contribution in [0, 0.1) is 17.2 Å². The van der Waals surface area contributed by atoms with Gasteiger partial charge in [-0.25, -0.2) is 9.78 Å². The second-order valence-corrected chi connectivity index (χ2v) is 9.36. The van der Waals surface area contributed by atoms with Crippen LogP contribution in [0.5, 0.6) is 5.88 Å². The van der Waals surface area contributed by atoms with Crippen molar-refractivity contribution in [1.29, 1.82) is 5.26 Å². The van der Waals surface area contributed by atoms with Crippen LogP contribution in [0.1, 0.15) is 64.9 Å². The Kier molecular flexibility index (Phi) is 7.37. The van der Waals surface area contributed by atoms with Crippen LogP contribution in [0.4, 0.5) is 4.79 Å². The molecule has 0 aromatic carbocycles. The van der Waals surface area contributed by atoms with Gasteiger partial charge in [0.1, 0.15) is 17.8 Å². The third kappa shape index (κ3) is 6.84. The highest BCUT2D eigenvalue weighted by molar-refractivity contribution is 5.80. The minimum Gasteiger partial charge on any atom is -0.474 e. The number of rotatable bonds is 4. The molecule has 1 aromatic rings. The van der Waals surface area contributed by atoms with E-state index in [0.717, 1.165) is 38.5 Å². The SMILES string of the molecule is CC(C)(C)OC(=O)N1CCCC(C(=O)NC2CCC(Oc3ccc(C#N)cn3)CC2)C1. The number of carbonyl (C=O) groups excluding carboxylic acids is 2. The number of likely N-dealkylation sites (tertiary alicyclic amines) is 1. The van der Waals surface area contributed by atoms with Crippen LogP contribution in [0.25, 0.3) is 0 Å². The lowest BCUT2D eigenvalue weighted by atomic mass is 9.91. The number of pyridine rings is 1. The number of nitrogens with one attached hydrogen (secondary N) is 1. The van der Waals surface area contributed by atoms with Gasteiger partial charge in [-0.1, -0.05) is 0 Å². The Bertz CT molecular complexity index is 804. The summed E-state index contributed by atoms with van der Waals surface area (Å²) in [6.45, 7) is 6.57. The number of amides is 2. The van der Waals surface area contributed by atoms with Crippen molar-refractivity contribution in [1.82, 2.24) is 15.2 Å². The molecule has 1 aliphatic heterocycles. The molecule has 8 heteroatoms. The van der Waals surface area contributed by atoms with Crippen molar-refractivity contribution in [2.45, 2.75) is 77.0 Å². The van der Waals surface area contributed by atoms with Crippen LogP contribution in [0.15, 0.2) is 18.3 Å². The summed E-state index contributed by atoms with van der Waals surface area (Å²) in [5, 5.41) is 12.0. The van der Waals surface area contributed by atoms with E-state index in [1.807, 2.05) is 26.8 Å². The van der Waals surface area contributed by atoms with Crippen molar-refractivity contribution in [3.05, 3.63) is 23.9 Å². The Morgan fingerprint density at radius 2 is 1.94 bits per heavy atom. The molecule has 1 saturated heterocycles. The zero-order chi connectivity index (χ0) is 22.4. The van der Waals surface area contributed by atoms with E-state index in [2.05, 4.69) is 10.3 Å². The van der Waals surface area contributed by atoms with Gasteiger partial charge >= 0.3 is 6.09 Å². The summed E-state index contributed by atoms with van der Waals surface area (Å²) in [4.78, 5) is 30.9. The van der Waals surface area contributed by atoms with Crippen molar-refractivity contribution in [2.24, 2.45) is 5.92 Å². The van der Waals surface area contributed by atoms with Crippen LogP contribution in [-0.4, -0.2) is 52.7 Å². The van der Waals surface area contributed by atoms with Gasteiger partial charge in [-0.15, -0.1) is 0 Å². The van der Waals surface area contributed by atoms with Gasteiger partial charge in [0, 0.05) is 31.4 Å². The molecule has 0 spiro atoms. The molecule has 1 aromatic heterocycles. The Labute approximate surface area is 183 Å². The number of nitrogens with zero attached hydrogens (tertiary/aromatic N) is 3. The monoisotopic (exact) mass is 428 g/mol. The van der Waals surface area contributed by atoms with Crippen molar-refractivity contribution in [2.75, 3.05) is 13.1 Å². The van der Waals surface area contributed by atoms with Crippen LogP contribution >= 0.6 is 0 Å². The fourth-order valence-corrected chi connectivity index (χ4v) is 4.01. The van der Waals surface area contributed by atoms with Gasteiger partial charge in [-0.3, -0.25) is 4.79 Å². The number of carbonyl (C=O) groups is 2. The van der Waals surface area contributed by atoms with Crippen molar-refractivity contribution < 1.29 is 19.1 Å². The lowest BCUT2D eigenvalue weighted by molar-refractivity contribution is -0.127. The molecule has 2 heterocycles. The molecule has 1 aliphatic carbocycles. The van der Waals surface area contributed by atoms with E-state index in [1.54, 1.807) is 17.0 Å². The number of hydrogen-bond donors (Lipinski definition) is 1. The maximum absolute atomic E-state index is 12.8. The summed E-state index contributed by atoms with van der Waals surface area (Å²) in [5.74, 6) is 0.348. The van der Waals surface area contributed by atoms with E-state index in [1.165, 1.54) is 6.20 Å². The molecular weight excluding hydrogens is 396 g/mol.